The van der Waals surface area contributed by atoms with Crippen molar-refractivity contribution >= 4 is 12.3 Å². The van der Waals surface area contributed by atoms with Gasteiger partial charge < -0.3 is 9.53 Å². The van der Waals surface area contributed by atoms with Crippen molar-refractivity contribution in [2.45, 2.75) is 112 Å². The lowest BCUT2D eigenvalue weighted by Gasteiger charge is -2.67. The zero-order chi connectivity index (χ0) is 22.8. The first-order valence-corrected chi connectivity index (χ1v) is 13.0. The lowest BCUT2D eigenvalue weighted by atomic mass is 9.38. The topological polar surface area (TPSA) is 43.4 Å². The van der Waals surface area contributed by atoms with Crippen LogP contribution in [0.2, 0.25) is 0 Å². The standard InChI is InChI=1S/C28H46O3/c1-18(13-17-29)20-10-15-28(7)22-8-9-23-25(3,4)24(31-19(2)30)12-14-26(23,5)21(22)11-16-27(20,28)6/h17-18,20-24H,8-16H2,1-7H3/t18-,20-,21?,22?,23?,24+,26-,27-,28+/m1/s1. The Labute approximate surface area is 190 Å². The summed E-state index contributed by atoms with van der Waals surface area (Å²) in [6, 6.07) is 0. The zero-order valence-corrected chi connectivity index (χ0v) is 21.1. The van der Waals surface area contributed by atoms with E-state index in [0.717, 1.165) is 31.0 Å². The molecule has 0 saturated heterocycles. The minimum atomic E-state index is -0.127. The Morgan fingerprint density at radius 3 is 2.26 bits per heavy atom. The molecule has 0 bridgehead atoms. The summed E-state index contributed by atoms with van der Waals surface area (Å²) in [6.07, 6.45) is 12.0. The lowest BCUT2D eigenvalue weighted by molar-refractivity contribution is -0.209. The van der Waals surface area contributed by atoms with Crippen LogP contribution in [0.1, 0.15) is 106 Å². The number of hydrogen-bond acceptors (Lipinski definition) is 3. The van der Waals surface area contributed by atoms with Gasteiger partial charge in [-0.2, -0.15) is 0 Å². The normalized spacial score (nSPS) is 49.3. The molecule has 176 valence electrons. The molecule has 0 aromatic rings. The van der Waals surface area contributed by atoms with Gasteiger partial charge in [-0.15, -0.1) is 0 Å². The maximum Gasteiger partial charge on any atom is 0.302 e. The van der Waals surface area contributed by atoms with Crippen molar-refractivity contribution < 1.29 is 14.3 Å². The molecule has 9 atom stereocenters. The molecular weight excluding hydrogens is 384 g/mol. The summed E-state index contributed by atoms with van der Waals surface area (Å²) in [5.74, 6) is 3.26. The fraction of sp³-hybridized carbons (Fsp3) is 0.929. The molecule has 0 aromatic heterocycles. The highest BCUT2D eigenvalue weighted by Crippen LogP contribution is 2.74. The SMILES string of the molecule is CC(=O)O[C@H]1CC[C@]2(C)C3CC[C@]4(C)[C@@H]([C@H](C)CC=O)CC[C@@]4(C)C3CCC2C1(C)C. The number of hydrogen-bond donors (Lipinski definition) is 0. The van der Waals surface area contributed by atoms with E-state index < -0.39 is 0 Å². The van der Waals surface area contributed by atoms with Crippen molar-refractivity contribution in [1.29, 1.82) is 0 Å². The Balaban J connectivity index is 1.63. The lowest BCUT2D eigenvalue weighted by Crippen LogP contribution is -2.62. The van der Waals surface area contributed by atoms with Crippen LogP contribution >= 0.6 is 0 Å². The largest absolute Gasteiger partial charge is 0.462 e. The Hall–Kier alpha value is -0.860. The van der Waals surface area contributed by atoms with Gasteiger partial charge in [0.2, 0.25) is 0 Å². The number of ether oxygens (including phenoxy) is 1. The van der Waals surface area contributed by atoms with Crippen molar-refractivity contribution in [1.82, 2.24) is 0 Å². The van der Waals surface area contributed by atoms with Crippen LogP contribution in [-0.4, -0.2) is 18.4 Å². The number of esters is 1. The predicted octanol–water partition coefficient (Wildman–Crippen LogP) is 6.83. The summed E-state index contributed by atoms with van der Waals surface area (Å²) in [5.41, 5.74) is 1.15. The Kier molecular flexibility index (Phi) is 5.71. The van der Waals surface area contributed by atoms with Crippen LogP contribution in [0.4, 0.5) is 0 Å². The number of fused-ring (bicyclic) bond motifs is 5. The predicted molar refractivity (Wildman–Crippen MR) is 124 cm³/mol. The monoisotopic (exact) mass is 430 g/mol. The van der Waals surface area contributed by atoms with Gasteiger partial charge in [0.15, 0.2) is 0 Å². The van der Waals surface area contributed by atoms with Gasteiger partial charge in [0.25, 0.3) is 0 Å². The Bertz CT molecular complexity index is 728. The third-order valence-corrected chi connectivity index (χ3v) is 11.9. The van der Waals surface area contributed by atoms with Crippen LogP contribution in [0, 0.1) is 51.2 Å². The fourth-order valence-corrected chi connectivity index (χ4v) is 10.2. The molecule has 0 radical (unpaired) electrons. The first-order chi connectivity index (χ1) is 14.4. The van der Waals surface area contributed by atoms with Gasteiger partial charge in [0.1, 0.15) is 12.4 Å². The van der Waals surface area contributed by atoms with Crippen LogP contribution in [0.3, 0.4) is 0 Å². The van der Waals surface area contributed by atoms with Crippen molar-refractivity contribution in [3.05, 3.63) is 0 Å². The summed E-state index contributed by atoms with van der Waals surface area (Å²) >= 11 is 0. The molecule has 4 aliphatic carbocycles. The third kappa shape index (κ3) is 3.18. The molecule has 0 aliphatic heterocycles. The molecule has 0 heterocycles. The second-order valence-electron chi connectivity index (χ2n) is 13.2. The first-order valence-electron chi connectivity index (χ1n) is 13.0. The average Bonchev–Trinajstić information content (AvgIpc) is 2.96. The minimum absolute atomic E-state index is 0.0436. The number of carbonyl (C=O) groups excluding carboxylic acids is 2. The Morgan fingerprint density at radius 1 is 0.935 bits per heavy atom. The van der Waals surface area contributed by atoms with E-state index in [2.05, 4.69) is 41.5 Å². The molecule has 4 aliphatic rings. The van der Waals surface area contributed by atoms with Gasteiger partial charge >= 0.3 is 5.97 Å². The second-order valence-corrected chi connectivity index (χ2v) is 13.2. The van der Waals surface area contributed by atoms with Crippen molar-refractivity contribution in [3.63, 3.8) is 0 Å². The van der Waals surface area contributed by atoms with E-state index >= 15 is 0 Å². The molecule has 3 heteroatoms. The summed E-state index contributed by atoms with van der Waals surface area (Å²) in [4.78, 5) is 23.0. The molecule has 31 heavy (non-hydrogen) atoms. The average molecular weight is 431 g/mol. The maximum absolute atomic E-state index is 11.8. The highest BCUT2D eigenvalue weighted by Gasteiger charge is 2.67. The summed E-state index contributed by atoms with van der Waals surface area (Å²) < 4.78 is 5.84. The van der Waals surface area contributed by atoms with Crippen LogP contribution < -0.4 is 0 Å². The van der Waals surface area contributed by atoms with E-state index in [4.69, 9.17) is 4.74 Å². The molecular formula is C28H46O3. The van der Waals surface area contributed by atoms with E-state index in [9.17, 15) is 9.59 Å². The summed E-state index contributed by atoms with van der Waals surface area (Å²) in [7, 11) is 0. The molecule has 0 spiro atoms. The van der Waals surface area contributed by atoms with Gasteiger partial charge in [-0.25, -0.2) is 0 Å². The van der Waals surface area contributed by atoms with Gasteiger partial charge in [-0.1, -0.05) is 41.5 Å². The Morgan fingerprint density at radius 2 is 1.61 bits per heavy atom. The van der Waals surface area contributed by atoms with E-state index in [-0.39, 0.29) is 17.5 Å². The van der Waals surface area contributed by atoms with Crippen LogP contribution in [-0.2, 0) is 14.3 Å². The van der Waals surface area contributed by atoms with E-state index in [0.29, 0.717) is 34.0 Å². The highest BCUT2D eigenvalue weighted by atomic mass is 16.5. The van der Waals surface area contributed by atoms with Gasteiger partial charge in [0.05, 0.1) is 0 Å². The molecule has 3 unspecified atom stereocenters. The number of rotatable bonds is 4. The molecule has 3 nitrogen and oxygen atoms in total. The molecule has 4 saturated carbocycles. The molecule has 4 rings (SSSR count). The maximum atomic E-state index is 11.8. The fourth-order valence-electron chi connectivity index (χ4n) is 10.2. The van der Waals surface area contributed by atoms with Crippen molar-refractivity contribution in [2.24, 2.45) is 51.2 Å². The van der Waals surface area contributed by atoms with Crippen molar-refractivity contribution in [2.75, 3.05) is 0 Å². The molecule has 0 aromatic carbocycles. The van der Waals surface area contributed by atoms with Crippen LogP contribution in [0.5, 0.6) is 0 Å². The van der Waals surface area contributed by atoms with Crippen molar-refractivity contribution in [3.8, 4) is 0 Å². The van der Waals surface area contributed by atoms with Gasteiger partial charge in [-0.3, -0.25) is 4.79 Å². The summed E-state index contributed by atoms with van der Waals surface area (Å²) in [5, 5.41) is 0. The molecule has 0 amide bonds. The minimum Gasteiger partial charge on any atom is -0.462 e. The first kappa shape index (κ1) is 23.3. The third-order valence-electron chi connectivity index (χ3n) is 11.9. The number of carbonyl (C=O) groups is 2. The van der Waals surface area contributed by atoms with E-state index in [1.807, 2.05) is 0 Å². The molecule has 0 N–H and O–H groups in total. The quantitative estimate of drug-likeness (QED) is 0.363. The number of aldehydes is 1. The van der Waals surface area contributed by atoms with Gasteiger partial charge in [-0.05, 0) is 97.2 Å². The van der Waals surface area contributed by atoms with E-state index in [1.54, 1.807) is 6.92 Å². The van der Waals surface area contributed by atoms with Crippen LogP contribution in [0.15, 0.2) is 0 Å². The zero-order valence-electron chi connectivity index (χ0n) is 21.1. The summed E-state index contributed by atoms with van der Waals surface area (Å²) in [6.45, 7) is 16.4. The highest BCUT2D eigenvalue weighted by molar-refractivity contribution is 5.66. The van der Waals surface area contributed by atoms with E-state index in [1.165, 1.54) is 44.9 Å². The smallest absolute Gasteiger partial charge is 0.302 e. The molecule has 4 fully saturated rings. The van der Waals surface area contributed by atoms with Gasteiger partial charge in [0, 0.05) is 18.8 Å². The second kappa shape index (κ2) is 7.59. The van der Waals surface area contributed by atoms with Crippen LogP contribution in [0.25, 0.3) is 0 Å².